The average molecular weight is 225 g/mol. The molecule has 0 bridgehead atoms. The monoisotopic (exact) mass is 224 g/mol. The molecule has 2 heteroatoms. The van der Waals surface area contributed by atoms with Crippen LogP contribution in [0.3, 0.4) is 0 Å². The zero-order valence-electron chi connectivity index (χ0n) is 4.71. The van der Waals surface area contributed by atoms with Gasteiger partial charge in [0, 0.05) is 20.4 Å². The molecule has 0 N–H and O–H groups in total. The van der Waals surface area contributed by atoms with E-state index >= 15 is 0 Å². The van der Waals surface area contributed by atoms with Crippen molar-refractivity contribution < 1.29 is 20.4 Å². The second-order valence-corrected chi connectivity index (χ2v) is 1.15. The molecule has 0 radical (unpaired) electrons. The molecule has 0 rings (SSSR count). The fourth-order valence-electron chi connectivity index (χ4n) is 0.236. The minimum atomic E-state index is 0. The Morgan fingerprint density at radius 2 is 1.25 bits per heavy atom. The summed E-state index contributed by atoms with van der Waals surface area (Å²) in [5.74, 6) is 0. The third kappa shape index (κ3) is 16.1. The van der Waals surface area contributed by atoms with Crippen LogP contribution in [-0.4, -0.2) is 0 Å². The Kier molecular flexibility index (Phi) is 30.9. The van der Waals surface area contributed by atoms with Gasteiger partial charge in [-0.2, -0.15) is 0 Å². The minimum absolute atomic E-state index is 0. The Balaban J connectivity index is -0.000000125. The Morgan fingerprint density at radius 3 is 1.38 bits per heavy atom. The zero-order chi connectivity index (χ0) is 4.83. The van der Waals surface area contributed by atoms with Crippen LogP contribution in [0.4, 0.5) is 0 Å². The van der Waals surface area contributed by atoms with Gasteiger partial charge in [0.2, 0.25) is 0 Å². The molecule has 0 aliphatic carbocycles. The average Bonchev–Trinajstić information content (AvgIpc) is 1.61. The van der Waals surface area contributed by atoms with Crippen LogP contribution < -0.4 is 0 Å². The number of hydrogen-bond acceptors (Lipinski definition) is 0. The van der Waals surface area contributed by atoms with Crippen LogP contribution in [0, 0.1) is 0 Å². The molecule has 0 atom stereocenters. The van der Waals surface area contributed by atoms with E-state index in [4.69, 9.17) is 0 Å². The van der Waals surface area contributed by atoms with Gasteiger partial charge in [-0.15, -0.1) is 25.6 Å². The summed E-state index contributed by atoms with van der Waals surface area (Å²) < 4.78 is 0. The van der Waals surface area contributed by atoms with E-state index in [2.05, 4.69) is 13.2 Å². The predicted molar refractivity (Wildman–Crippen MR) is 36.9 cm³/mol. The van der Waals surface area contributed by atoms with Crippen LogP contribution >= 0.6 is 12.4 Å². The molecular weight excluding hydrogens is 214 g/mol. The second kappa shape index (κ2) is 15.7. The van der Waals surface area contributed by atoms with Gasteiger partial charge in [-0.25, -0.2) is 0 Å². The van der Waals surface area contributed by atoms with Gasteiger partial charge in [0.25, 0.3) is 0 Å². The summed E-state index contributed by atoms with van der Waals surface area (Å²) in [5.41, 5.74) is 0. The molecule has 0 aromatic rings. The molecule has 0 aliphatic rings. The first-order chi connectivity index (χ1) is 2.91. The fourth-order valence-corrected chi connectivity index (χ4v) is 0.236. The summed E-state index contributed by atoms with van der Waals surface area (Å²) in [6.45, 7) is 7.10. The van der Waals surface area contributed by atoms with Gasteiger partial charge in [0.05, 0.1) is 0 Å². The van der Waals surface area contributed by atoms with Gasteiger partial charge in [-0.05, 0) is 12.8 Å². The standard InChI is InChI=1S/C6H10.ClH.Pd/c1-3-5-6-4-2;;/h3-4H,1-2,5-6H2;1H;. The molecule has 0 nitrogen and oxygen atoms in total. The van der Waals surface area contributed by atoms with Crippen LogP contribution in [-0.2, 0) is 20.4 Å². The van der Waals surface area contributed by atoms with Crippen molar-refractivity contribution in [3.8, 4) is 0 Å². The van der Waals surface area contributed by atoms with E-state index in [1.54, 1.807) is 0 Å². The van der Waals surface area contributed by atoms with Crippen LogP contribution in [0.2, 0.25) is 0 Å². The second-order valence-electron chi connectivity index (χ2n) is 1.15. The van der Waals surface area contributed by atoms with Crippen LogP contribution in [0.5, 0.6) is 0 Å². The zero-order valence-corrected chi connectivity index (χ0v) is 7.08. The third-order valence-electron chi connectivity index (χ3n) is 0.575. The van der Waals surface area contributed by atoms with E-state index in [0.717, 1.165) is 12.8 Å². The Labute approximate surface area is 71.1 Å². The Bertz CT molecular complexity index is 44.5. The van der Waals surface area contributed by atoms with Gasteiger partial charge in [0.15, 0.2) is 0 Å². The molecule has 0 aromatic heterocycles. The molecule has 0 heterocycles. The van der Waals surface area contributed by atoms with E-state index in [-0.39, 0.29) is 32.8 Å². The van der Waals surface area contributed by atoms with Gasteiger partial charge in [0.1, 0.15) is 0 Å². The summed E-state index contributed by atoms with van der Waals surface area (Å²) in [6, 6.07) is 0. The normalized spacial score (nSPS) is 5.50. The SMILES string of the molecule is C=CCCC=C.Cl.[Pd]. The van der Waals surface area contributed by atoms with Crippen molar-refractivity contribution in [2.24, 2.45) is 0 Å². The molecule has 52 valence electrons. The molecule has 0 amide bonds. The first-order valence-electron chi connectivity index (χ1n) is 2.13. The molecule has 0 saturated heterocycles. The molecule has 0 saturated carbocycles. The Morgan fingerprint density at radius 1 is 1.00 bits per heavy atom. The van der Waals surface area contributed by atoms with Crippen molar-refractivity contribution in [2.75, 3.05) is 0 Å². The van der Waals surface area contributed by atoms with Crippen molar-refractivity contribution in [1.29, 1.82) is 0 Å². The third-order valence-corrected chi connectivity index (χ3v) is 0.575. The van der Waals surface area contributed by atoms with Crippen molar-refractivity contribution in [3.63, 3.8) is 0 Å². The van der Waals surface area contributed by atoms with E-state index in [9.17, 15) is 0 Å². The van der Waals surface area contributed by atoms with E-state index in [1.807, 2.05) is 12.2 Å². The van der Waals surface area contributed by atoms with Crippen molar-refractivity contribution in [3.05, 3.63) is 25.3 Å². The summed E-state index contributed by atoms with van der Waals surface area (Å²) in [5, 5.41) is 0. The summed E-state index contributed by atoms with van der Waals surface area (Å²) in [6.07, 6.45) is 5.90. The number of allylic oxidation sites excluding steroid dienone is 2. The van der Waals surface area contributed by atoms with Crippen LogP contribution in [0.25, 0.3) is 0 Å². The molecule has 0 spiro atoms. The fraction of sp³-hybridized carbons (Fsp3) is 0.333. The summed E-state index contributed by atoms with van der Waals surface area (Å²) in [4.78, 5) is 0. The van der Waals surface area contributed by atoms with Gasteiger partial charge >= 0.3 is 0 Å². The number of hydrogen-bond donors (Lipinski definition) is 0. The molecule has 0 unspecified atom stereocenters. The first kappa shape index (κ1) is 15.8. The van der Waals surface area contributed by atoms with Gasteiger partial charge in [-0.3, -0.25) is 0 Å². The Hall–Kier alpha value is 0.432. The molecule has 0 aromatic carbocycles. The summed E-state index contributed by atoms with van der Waals surface area (Å²) in [7, 11) is 0. The number of rotatable bonds is 3. The number of unbranched alkanes of at least 4 members (excludes halogenated alkanes) is 1. The first-order valence-corrected chi connectivity index (χ1v) is 2.13. The van der Waals surface area contributed by atoms with E-state index in [0.29, 0.717) is 0 Å². The topological polar surface area (TPSA) is 0 Å². The van der Waals surface area contributed by atoms with Crippen molar-refractivity contribution >= 4 is 12.4 Å². The quantitative estimate of drug-likeness (QED) is 0.393. The maximum absolute atomic E-state index is 3.55. The predicted octanol–water partition coefficient (Wildman–Crippen LogP) is 2.56. The molecule has 0 fully saturated rings. The maximum atomic E-state index is 3.55. The molecular formula is C6H11ClPd. The minimum Gasteiger partial charge on any atom is -0.147 e. The van der Waals surface area contributed by atoms with Crippen LogP contribution in [0.1, 0.15) is 12.8 Å². The maximum Gasteiger partial charge on any atom is 0 e. The molecule has 0 aliphatic heterocycles. The van der Waals surface area contributed by atoms with Gasteiger partial charge in [-0.1, -0.05) is 12.2 Å². The summed E-state index contributed by atoms with van der Waals surface area (Å²) >= 11 is 0. The number of halogens is 1. The van der Waals surface area contributed by atoms with Crippen LogP contribution in [0.15, 0.2) is 25.3 Å². The largest absolute Gasteiger partial charge is 0.147 e. The molecule has 8 heavy (non-hydrogen) atoms. The van der Waals surface area contributed by atoms with E-state index < -0.39 is 0 Å². The van der Waals surface area contributed by atoms with E-state index in [1.165, 1.54) is 0 Å². The van der Waals surface area contributed by atoms with Gasteiger partial charge < -0.3 is 0 Å². The van der Waals surface area contributed by atoms with Crippen molar-refractivity contribution in [1.82, 2.24) is 0 Å². The smallest absolute Gasteiger partial charge is 0 e. The van der Waals surface area contributed by atoms with Crippen molar-refractivity contribution in [2.45, 2.75) is 12.8 Å².